The third-order valence-corrected chi connectivity index (χ3v) is 3.93. The molecule has 0 unspecified atom stereocenters. The van der Waals surface area contributed by atoms with Gasteiger partial charge in [-0.3, -0.25) is 4.90 Å². The highest BCUT2D eigenvalue weighted by molar-refractivity contribution is 5.22. The molecule has 1 heterocycles. The van der Waals surface area contributed by atoms with E-state index in [1.807, 2.05) is 30.3 Å². The molecular weight excluding hydrogens is 274 g/mol. The zero-order valence-electron chi connectivity index (χ0n) is 13.1. The number of benzene rings is 2. The van der Waals surface area contributed by atoms with Crippen molar-refractivity contribution in [2.24, 2.45) is 0 Å². The van der Waals surface area contributed by atoms with Gasteiger partial charge in [0.1, 0.15) is 18.5 Å². The lowest BCUT2D eigenvalue weighted by Crippen LogP contribution is -2.44. The Morgan fingerprint density at radius 1 is 1.09 bits per heavy atom. The van der Waals surface area contributed by atoms with Crippen LogP contribution in [0.2, 0.25) is 0 Å². The van der Waals surface area contributed by atoms with E-state index in [1.54, 1.807) is 0 Å². The molecule has 0 radical (unpaired) electrons. The van der Waals surface area contributed by atoms with Crippen molar-refractivity contribution in [3.05, 3.63) is 65.7 Å². The Morgan fingerprint density at radius 2 is 1.86 bits per heavy atom. The van der Waals surface area contributed by atoms with Crippen molar-refractivity contribution in [2.75, 3.05) is 26.3 Å². The van der Waals surface area contributed by atoms with Crippen molar-refractivity contribution in [2.45, 2.75) is 19.6 Å². The van der Waals surface area contributed by atoms with Gasteiger partial charge in [-0.05, 0) is 24.6 Å². The van der Waals surface area contributed by atoms with Crippen LogP contribution in [0.15, 0.2) is 54.6 Å². The zero-order valence-corrected chi connectivity index (χ0v) is 13.1. The second kappa shape index (κ2) is 7.43. The van der Waals surface area contributed by atoms with E-state index in [-0.39, 0.29) is 6.10 Å². The first-order chi connectivity index (χ1) is 10.8. The number of ether oxygens (including phenoxy) is 2. The highest BCUT2D eigenvalue weighted by Gasteiger charge is 2.21. The molecule has 1 aliphatic rings. The van der Waals surface area contributed by atoms with Gasteiger partial charge in [-0.25, -0.2) is 0 Å². The van der Waals surface area contributed by atoms with Crippen molar-refractivity contribution in [1.29, 1.82) is 0 Å². The van der Waals surface area contributed by atoms with Gasteiger partial charge in [0.05, 0.1) is 6.61 Å². The average molecular weight is 297 g/mol. The summed E-state index contributed by atoms with van der Waals surface area (Å²) in [6.45, 7) is 6.38. The van der Waals surface area contributed by atoms with Crippen LogP contribution in [0, 0.1) is 6.92 Å². The van der Waals surface area contributed by atoms with Crippen LogP contribution in [0.25, 0.3) is 0 Å². The molecule has 2 aromatic carbocycles. The molecule has 1 aliphatic heterocycles. The van der Waals surface area contributed by atoms with Gasteiger partial charge in [-0.15, -0.1) is 0 Å². The molecule has 0 N–H and O–H groups in total. The third-order valence-electron chi connectivity index (χ3n) is 3.93. The fourth-order valence-electron chi connectivity index (χ4n) is 2.68. The number of morpholine rings is 1. The van der Waals surface area contributed by atoms with Crippen LogP contribution in [0.5, 0.6) is 5.75 Å². The van der Waals surface area contributed by atoms with E-state index in [0.29, 0.717) is 6.61 Å². The Balaban J connectivity index is 1.49. The standard InChI is InChI=1S/C19H23NO2/c1-16-7-9-17(10-8-16)13-20-11-12-21-19(14-20)15-22-18-5-3-2-4-6-18/h2-10,19H,11-15H2,1H3/t19-/m0/s1. The lowest BCUT2D eigenvalue weighted by atomic mass is 10.1. The molecule has 0 aliphatic carbocycles. The summed E-state index contributed by atoms with van der Waals surface area (Å²) in [6, 6.07) is 18.7. The molecule has 0 amide bonds. The summed E-state index contributed by atoms with van der Waals surface area (Å²) < 4.78 is 11.6. The molecule has 3 nitrogen and oxygen atoms in total. The number of rotatable bonds is 5. The summed E-state index contributed by atoms with van der Waals surface area (Å²) in [5, 5.41) is 0. The topological polar surface area (TPSA) is 21.7 Å². The quantitative estimate of drug-likeness (QED) is 0.845. The van der Waals surface area contributed by atoms with E-state index in [4.69, 9.17) is 9.47 Å². The summed E-state index contributed by atoms with van der Waals surface area (Å²) in [5.41, 5.74) is 2.66. The highest BCUT2D eigenvalue weighted by Crippen LogP contribution is 2.14. The second-order valence-corrected chi connectivity index (χ2v) is 5.84. The van der Waals surface area contributed by atoms with Crippen LogP contribution in [0.4, 0.5) is 0 Å². The number of nitrogens with zero attached hydrogens (tertiary/aromatic N) is 1. The summed E-state index contributed by atoms with van der Waals surface area (Å²) in [7, 11) is 0. The Labute approximate surface area is 132 Å². The van der Waals surface area contributed by atoms with Gasteiger partial charge >= 0.3 is 0 Å². The molecule has 1 saturated heterocycles. The molecule has 2 aromatic rings. The minimum Gasteiger partial charge on any atom is -0.491 e. The molecule has 0 spiro atoms. The lowest BCUT2D eigenvalue weighted by Gasteiger charge is -2.32. The predicted octanol–water partition coefficient (Wildman–Crippen LogP) is 3.27. The molecule has 1 fully saturated rings. The van der Waals surface area contributed by atoms with E-state index in [1.165, 1.54) is 11.1 Å². The first-order valence-electron chi connectivity index (χ1n) is 7.87. The van der Waals surface area contributed by atoms with Crippen LogP contribution in [-0.2, 0) is 11.3 Å². The summed E-state index contributed by atoms with van der Waals surface area (Å²) in [6.07, 6.45) is 0.138. The molecule has 3 heteroatoms. The number of hydrogen-bond donors (Lipinski definition) is 0. The van der Waals surface area contributed by atoms with Crippen LogP contribution < -0.4 is 4.74 Å². The van der Waals surface area contributed by atoms with Gasteiger partial charge < -0.3 is 9.47 Å². The van der Waals surface area contributed by atoms with Crippen LogP contribution >= 0.6 is 0 Å². The SMILES string of the molecule is Cc1ccc(CN2CCO[C@H](COc3ccccc3)C2)cc1. The number of aryl methyl sites for hydroxylation is 1. The van der Waals surface area contributed by atoms with Crippen molar-refractivity contribution in [3.8, 4) is 5.75 Å². The Morgan fingerprint density at radius 3 is 2.64 bits per heavy atom. The molecule has 22 heavy (non-hydrogen) atoms. The van der Waals surface area contributed by atoms with E-state index in [0.717, 1.165) is 32.0 Å². The summed E-state index contributed by atoms with van der Waals surface area (Å²) in [5.74, 6) is 0.904. The highest BCUT2D eigenvalue weighted by atomic mass is 16.5. The van der Waals surface area contributed by atoms with Crippen molar-refractivity contribution >= 4 is 0 Å². The first-order valence-corrected chi connectivity index (χ1v) is 7.87. The average Bonchev–Trinajstić information content (AvgIpc) is 2.57. The van der Waals surface area contributed by atoms with Crippen LogP contribution in [0.3, 0.4) is 0 Å². The van der Waals surface area contributed by atoms with Crippen molar-refractivity contribution in [1.82, 2.24) is 4.90 Å². The van der Waals surface area contributed by atoms with Gasteiger partial charge in [0.15, 0.2) is 0 Å². The van der Waals surface area contributed by atoms with E-state index >= 15 is 0 Å². The van der Waals surface area contributed by atoms with Gasteiger partial charge in [0, 0.05) is 19.6 Å². The molecule has 116 valence electrons. The van der Waals surface area contributed by atoms with Crippen LogP contribution in [0.1, 0.15) is 11.1 Å². The Kier molecular flexibility index (Phi) is 5.09. The number of para-hydroxylation sites is 1. The second-order valence-electron chi connectivity index (χ2n) is 5.84. The van der Waals surface area contributed by atoms with Gasteiger partial charge in [0.2, 0.25) is 0 Å². The Hall–Kier alpha value is -1.84. The Bertz CT molecular complexity index is 568. The monoisotopic (exact) mass is 297 g/mol. The summed E-state index contributed by atoms with van der Waals surface area (Å²) in [4.78, 5) is 2.44. The fourth-order valence-corrected chi connectivity index (χ4v) is 2.68. The minimum atomic E-state index is 0.138. The molecule has 0 bridgehead atoms. The molecule has 0 aromatic heterocycles. The van der Waals surface area contributed by atoms with E-state index in [9.17, 15) is 0 Å². The maximum atomic E-state index is 5.82. The third kappa shape index (κ3) is 4.33. The van der Waals surface area contributed by atoms with Gasteiger partial charge in [-0.2, -0.15) is 0 Å². The lowest BCUT2D eigenvalue weighted by molar-refractivity contribution is -0.0504. The van der Waals surface area contributed by atoms with Gasteiger partial charge in [0.25, 0.3) is 0 Å². The van der Waals surface area contributed by atoms with Crippen LogP contribution in [-0.4, -0.2) is 37.3 Å². The maximum absolute atomic E-state index is 5.82. The fraction of sp³-hybridized carbons (Fsp3) is 0.368. The van der Waals surface area contributed by atoms with Gasteiger partial charge in [-0.1, -0.05) is 48.0 Å². The molecule has 3 rings (SSSR count). The van der Waals surface area contributed by atoms with E-state index < -0.39 is 0 Å². The molecule has 1 atom stereocenters. The maximum Gasteiger partial charge on any atom is 0.119 e. The smallest absolute Gasteiger partial charge is 0.119 e. The normalized spacial score (nSPS) is 19.0. The van der Waals surface area contributed by atoms with E-state index in [2.05, 4.69) is 36.1 Å². The molecule has 0 saturated carbocycles. The van der Waals surface area contributed by atoms with Crippen molar-refractivity contribution < 1.29 is 9.47 Å². The predicted molar refractivity (Wildman–Crippen MR) is 88.1 cm³/mol. The van der Waals surface area contributed by atoms with Crippen molar-refractivity contribution in [3.63, 3.8) is 0 Å². The largest absolute Gasteiger partial charge is 0.491 e. The summed E-state index contributed by atoms with van der Waals surface area (Å²) >= 11 is 0. The zero-order chi connectivity index (χ0) is 15.2. The minimum absolute atomic E-state index is 0.138. The molecular formula is C19H23NO2. The first kappa shape index (κ1) is 15.1. The number of hydrogen-bond acceptors (Lipinski definition) is 3.